The Kier molecular flexibility index (Phi) is 3.89. The molecular weight excluding hydrogens is 240 g/mol. The monoisotopic (exact) mass is 254 g/mol. The molecule has 2 aromatic rings. The molecule has 0 saturated heterocycles. The molecule has 0 aliphatic heterocycles. The molecule has 0 radical (unpaired) electrons. The zero-order valence-electron chi connectivity index (χ0n) is 10.6. The van der Waals surface area contributed by atoms with Crippen molar-refractivity contribution in [2.24, 2.45) is 0 Å². The second kappa shape index (κ2) is 5.78. The van der Waals surface area contributed by atoms with Crippen LogP contribution in [0.25, 0.3) is 0 Å². The van der Waals surface area contributed by atoms with Gasteiger partial charge in [0.15, 0.2) is 0 Å². The number of para-hydroxylation sites is 1. The number of hydrogen-bond donors (Lipinski definition) is 1. The smallest absolute Gasteiger partial charge is 0.144 e. The topological polar surface area (TPSA) is 68.3 Å². The molecule has 2 N–H and O–H groups in total. The van der Waals surface area contributed by atoms with E-state index in [9.17, 15) is 0 Å². The van der Waals surface area contributed by atoms with Crippen LogP contribution in [0.1, 0.15) is 11.1 Å². The molecule has 0 bridgehead atoms. The summed E-state index contributed by atoms with van der Waals surface area (Å²) in [5.41, 5.74) is 7.60. The van der Waals surface area contributed by atoms with Gasteiger partial charge >= 0.3 is 0 Å². The van der Waals surface area contributed by atoms with Crippen LogP contribution >= 0.6 is 0 Å². The summed E-state index contributed by atoms with van der Waals surface area (Å²) >= 11 is 0. The first-order chi connectivity index (χ1) is 9.24. The number of hydrogen-bond acceptors (Lipinski definition) is 4. The molecule has 0 spiro atoms. The molecule has 96 valence electrons. The lowest BCUT2D eigenvalue weighted by molar-refractivity contribution is 0.307. The van der Waals surface area contributed by atoms with E-state index in [4.69, 9.17) is 20.5 Å². The van der Waals surface area contributed by atoms with Crippen LogP contribution in [0, 0.1) is 11.3 Å². The molecule has 0 aliphatic carbocycles. The largest absolute Gasteiger partial charge is 0.497 e. The molecule has 2 aromatic carbocycles. The van der Waals surface area contributed by atoms with Crippen LogP contribution in [0.15, 0.2) is 42.5 Å². The quantitative estimate of drug-likeness (QED) is 0.852. The zero-order valence-corrected chi connectivity index (χ0v) is 10.6. The highest BCUT2D eigenvalue weighted by Gasteiger charge is 2.05. The van der Waals surface area contributed by atoms with Crippen molar-refractivity contribution in [2.75, 3.05) is 12.8 Å². The number of nitrogens with two attached hydrogens (primary N) is 1. The van der Waals surface area contributed by atoms with E-state index in [1.54, 1.807) is 25.3 Å². The predicted octanol–water partition coefficient (Wildman–Crippen LogP) is 2.73. The maximum absolute atomic E-state index is 8.89. The van der Waals surface area contributed by atoms with Gasteiger partial charge in [0.2, 0.25) is 0 Å². The molecule has 0 aliphatic rings. The molecule has 0 aromatic heterocycles. The van der Waals surface area contributed by atoms with Crippen LogP contribution in [0.4, 0.5) is 5.69 Å². The Morgan fingerprint density at radius 3 is 2.74 bits per heavy atom. The van der Waals surface area contributed by atoms with E-state index in [1.807, 2.05) is 30.3 Å². The minimum atomic E-state index is 0.368. The van der Waals surface area contributed by atoms with E-state index in [-0.39, 0.29) is 0 Å². The van der Waals surface area contributed by atoms with Crippen LogP contribution < -0.4 is 15.2 Å². The van der Waals surface area contributed by atoms with Crippen molar-refractivity contribution in [1.29, 1.82) is 5.26 Å². The van der Waals surface area contributed by atoms with Gasteiger partial charge in [-0.25, -0.2) is 0 Å². The number of nitriles is 1. The first-order valence-corrected chi connectivity index (χ1v) is 5.79. The number of anilines is 1. The lowest BCUT2D eigenvalue weighted by Crippen LogP contribution is -2.00. The van der Waals surface area contributed by atoms with Crippen LogP contribution in [-0.4, -0.2) is 7.11 Å². The van der Waals surface area contributed by atoms with Gasteiger partial charge in [-0.1, -0.05) is 18.2 Å². The first-order valence-electron chi connectivity index (χ1n) is 5.79. The fourth-order valence-electron chi connectivity index (χ4n) is 1.69. The zero-order chi connectivity index (χ0) is 13.7. The van der Waals surface area contributed by atoms with Crippen molar-refractivity contribution in [3.8, 4) is 17.6 Å². The van der Waals surface area contributed by atoms with Gasteiger partial charge in [0, 0.05) is 0 Å². The predicted molar refractivity (Wildman–Crippen MR) is 72.9 cm³/mol. The van der Waals surface area contributed by atoms with Gasteiger partial charge in [0.25, 0.3) is 0 Å². The molecule has 0 atom stereocenters. The third kappa shape index (κ3) is 2.96. The molecule has 19 heavy (non-hydrogen) atoms. The van der Waals surface area contributed by atoms with Crippen molar-refractivity contribution < 1.29 is 9.47 Å². The number of nitrogen functional groups attached to an aromatic ring is 1. The fourth-order valence-corrected chi connectivity index (χ4v) is 1.69. The Morgan fingerprint density at radius 1 is 1.21 bits per heavy atom. The van der Waals surface area contributed by atoms with E-state index >= 15 is 0 Å². The Bertz CT molecular complexity index is 618. The van der Waals surface area contributed by atoms with Crippen molar-refractivity contribution in [2.45, 2.75) is 6.61 Å². The lowest BCUT2D eigenvalue weighted by Gasteiger charge is -2.10. The van der Waals surface area contributed by atoms with Gasteiger partial charge in [0.1, 0.15) is 24.2 Å². The normalized spacial score (nSPS) is 9.68. The van der Waals surface area contributed by atoms with E-state index in [2.05, 4.69) is 0 Å². The van der Waals surface area contributed by atoms with Crippen LogP contribution in [0.2, 0.25) is 0 Å². The average Bonchev–Trinajstić information content (AvgIpc) is 2.46. The maximum Gasteiger partial charge on any atom is 0.144 e. The summed E-state index contributed by atoms with van der Waals surface area (Å²) in [6.07, 6.45) is 0. The standard InChI is InChI=1S/C15H14N2O2/c1-18-13-6-2-4-11(8-13)10-19-14-7-3-5-12(9-16)15(14)17/h2-8H,10,17H2,1H3. The number of ether oxygens (including phenoxy) is 2. The summed E-state index contributed by atoms with van der Waals surface area (Å²) in [6, 6.07) is 14.8. The lowest BCUT2D eigenvalue weighted by atomic mass is 10.2. The van der Waals surface area contributed by atoms with Gasteiger partial charge in [-0.2, -0.15) is 5.26 Å². The Hall–Kier alpha value is -2.67. The minimum Gasteiger partial charge on any atom is -0.497 e. The molecular formula is C15H14N2O2. The molecule has 4 heteroatoms. The van der Waals surface area contributed by atoms with Crippen molar-refractivity contribution in [3.05, 3.63) is 53.6 Å². The molecule has 0 unspecified atom stereocenters. The minimum absolute atomic E-state index is 0.368. The Labute approximate surface area is 112 Å². The number of nitrogens with zero attached hydrogens (tertiary/aromatic N) is 1. The first kappa shape index (κ1) is 12.8. The molecule has 0 fully saturated rings. The molecule has 0 amide bonds. The number of benzene rings is 2. The summed E-state index contributed by atoms with van der Waals surface area (Å²) in [7, 11) is 1.62. The van der Waals surface area contributed by atoms with E-state index in [1.165, 1.54) is 0 Å². The summed E-state index contributed by atoms with van der Waals surface area (Å²) in [5, 5.41) is 8.89. The fraction of sp³-hybridized carbons (Fsp3) is 0.133. The summed E-state index contributed by atoms with van der Waals surface area (Å²) in [4.78, 5) is 0. The van der Waals surface area contributed by atoms with E-state index < -0.39 is 0 Å². The van der Waals surface area contributed by atoms with Crippen LogP contribution in [0.5, 0.6) is 11.5 Å². The maximum atomic E-state index is 8.89. The van der Waals surface area contributed by atoms with Gasteiger partial charge in [-0.05, 0) is 29.8 Å². The van der Waals surface area contributed by atoms with Crippen molar-refractivity contribution in [3.63, 3.8) is 0 Å². The van der Waals surface area contributed by atoms with Gasteiger partial charge in [-0.3, -0.25) is 0 Å². The summed E-state index contributed by atoms with van der Waals surface area (Å²) in [6.45, 7) is 0.371. The molecule has 4 nitrogen and oxygen atoms in total. The summed E-state index contributed by atoms with van der Waals surface area (Å²) < 4.78 is 10.8. The number of methoxy groups -OCH3 is 1. The average molecular weight is 254 g/mol. The SMILES string of the molecule is COc1cccc(COc2cccc(C#N)c2N)c1. The molecule has 2 rings (SSSR count). The Morgan fingerprint density at radius 2 is 2.00 bits per heavy atom. The van der Waals surface area contributed by atoms with Crippen LogP contribution in [0.3, 0.4) is 0 Å². The highest BCUT2D eigenvalue weighted by Crippen LogP contribution is 2.25. The second-order valence-corrected chi connectivity index (χ2v) is 3.97. The summed E-state index contributed by atoms with van der Waals surface area (Å²) in [5.74, 6) is 1.29. The van der Waals surface area contributed by atoms with E-state index in [0.717, 1.165) is 11.3 Å². The second-order valence-electron chi connectivity index (χ2n) is 3.97. The molecule has 0 heterocycles. The highest BCUT2D eigenvalue weighted by atomic mass is 16.5. The van der Waals surface area contributed by atoms with Gasteiger partial charge < -0.3 is 15.2 Å². The highest BCUT2D eigenvalue weighted by molar-refractivity contribution is 5.63. The van der Waals surface area contributed by atoms with E-state index in [0.29, 0.717) is 23.6 Å². The van der Waals surface area contributed by atoms with Crippen molar-refractivity contribution in [1.82, 2.24) is 0 Å². The molecule has 0 saturated carbocycles. The van der Waals surface area contributed by atoms with Crippen molar-refractivity contribution >= 4 is 5.69 Å². The van der Waals surface area contributed by atoms with Gasteiger partial charge in [0.05, 0.1) is 18.4 Å². The Balaban J connectivity index is 2.12. The van der Waals surface area contributed by atoms with Gasteiger partial charge in [-0.15, -0.1) is 0 Å². The number of rotatable bonds is 4. The third-order valence-corrected chi connectivity index (χ3v) is 2.72. The van der Waals surface area contributed by atoms with Crippen LogP contribution in [-0.2, 0) is 6.61 Å². The third-order valence-electron chi connectivity index (χ3n) is 2.72.